The SMILES string of the molecule is CCc1cc2c(N3CCSC3)ncnc2s1. The van der Waals surface area contributed by atoms with E-state index in [-0.39, 0.29) is 0 Å². The van der Waals surface area contributed by atoms with Crippen molar-refractivity contribution in [2.45, 2.75) is 13.3 Å². The summed E-state index contributed by atoms with van der Waals surface area (Å²) < 4.78 is 0. The number of hydrogen-bond donors (Lipinski definition) is 0. The molecule has 3 heterocycles. The lowest BCUT2D eigenvalue weighted by Gasteiger charge is -2.15. The summed E-state index contributed by atoms with van der Waals surface area (Å²) in [6.07, 6.45) is 2.77. The highest BCUT2D eigenvalue weighted by Gasteiger charge is 2.17. The molecule has 1 aliphatic rings. The van der Waals surface area contributed by atoms with Crippen molar-refractivity contribution in [2.75, 3.05) is 23.1 Å². The van der Waals surface area contributed by atoms with Gasteiger partial charge >= 0.3 is 0 Å². The molecule has 0 unspecified atom stereocenters. The molecule has 1 aliphatic heterocycles. The standard InChI is InChI=1S/C11H13N3S2/c1-2-8-5-9-10(14-3-4-15-7-14)12-6-13-11(9)16-8/h5-6H,2-4,7H2,1H3. The molecule has 0 bridgehead atoms. The zero-order valence-corrected chi connectivity index (χ0v) is 10.8. The van der Waals surface area contributed by atoms with Crippen molar-refractivity contribution in [3.63, 3.8) is 0 Å². The van der Waals surface area contributed by atoms with Crippen molar-refractivity contribution in [1.29, 1.82) is 0 Å². The monoisotopic (exact) mass is 251 g/mol. The minimum atomic E-state index is 1.06. The van der Waals surface area contributed by atoms with Gasteiger partial charge in [0.1, 0.15) is 17.0 Å². The van der Waals surface area contributed by atoms with Crippen LogP contribution in [0.25, 0.3) is 10.2 Å². The summed E-state index contributed by atoms with van der Waals surface area (Å²) in [5, 5.41) is 1.23. The molecule has 0 aliphatic carbocycles. The van der Waals surface area contributed by atoms with E-state index in [2.05, 4.69) is 27.9 Å². The Kier molecular flexibility index (Phi) is 2.73. The molecular formula is C11H13N3S2. The number of thiophene rings is 1. The third-order valence-corrected chi connectivity index (χ3v) is 4.91. The summed E-state index contributed by atoms with van der Waals surface area (Å²) in [5.74, 6) is 3.38. The first-order chi connectivity index (χ1) is 7.88. The number of fused-ring (bicyclic) bond motifs is 1. The van der Waals surface area contributed by atoms with E-state index in [4.69, 9.17) is 0 Å². The molecule has 1 saturated heterocycles. The van der Waals surface area contributed by atoms with Crippen molar-refractivity contribution >= 4 is 39.1 Å². The molecule has 2 aromatic heterocycles. The first kappa shape index (κ1) is 10.4. The largest absolute Gasteiger partial charge is 0.346 e. The molecule has 0 spiro atoms. The molecule has 2 aromatic rings. The van der Waals surface area contributed by atoms with E-state index < -0.39 is 0 Å². The Labute approximate surface area is 103 Å². The lowest BCUT2D eigenvalue weighted by molar-refractivity contribution is 0.962. The van der Waals surface area contributed by atoms with Crippen molar-refractivity contribution in [2.24, 2.45) is 0 Å². The Bertz CT molecular complexity index is 503. The predicted octanol–water partition coefficient (Wildman–Crippen LogP) is 2.76. The summed E-state index contributed by atoms with van der Waals surface area (Å²) in [5.41, 5.74) is 0. The van der Waals surface area contributed by atoms with Gasteiger partial charge in [-0.3, -0.25) is 0 Å². The lowest BCUT2D eigenvalue weighted by Crippen LogP contribution is -2.19. The fraction of sp³-hybridized carbons (Fsp3) is 0.455. The normalized spacial score (nSPS) is 16.2. The fourth-order valence-corrected chi connectivity index (χ4v) is 3.78. The topological polar surface area (TPSA) is 29.0 Å². The van der Waals surface area contributed by atoms with E-state index in [9.17, 15) is 0 Å². The van der Waals surface area contributed by atoms with E-state index in [1.165, 1.54) is 16.0 Å². The van der Waals surface area contributed by atoms with Gasteiger partial charge in [0, 0.05) is 17.2 Å². The van der Waals surface area contributed by atoms with Crippen LogP contribution in [-0.2, 0) is 6.42 Å². The van der Waals surface area contributed by atoms with Crippen LogP contribution in [0.15, 0.2) is 12.4 Å². The van der Waals surface area contributed by atoms with Gasteiger partial charge in [0.05, 0.1) is 11.3 Å². The van der Waals surface area contributed by atoms with Crippen LogP contribution in [-0.4, -0.2) is 28.1 Å². The molecule has 16 heavy (non-hydrogen) atoms. The number of aromatic nitrogens is 2. The highest BCUT2D eigenvalue weighted by Crippen LogP contribution is 2.32. The number of aryl methyl sites for hydroxylation is 1. The highest BCUT2D eigenvalue weighted by molar-refractivity contribution is 7.99. The summed E-state index contributed by atoms with van der Waals surface area (Å²) >= 11 is 3.75. The molecular weight excluding hydrogens is 238 g/mol. The molecule has 3 nitrogen and oxygen atoms in total. The van der Waals surface area contributed by atoms with Gasteiger partial charge in [-0.15, -0.1) is 23.1 Å². The Balaban J connectivity index is 2.12. The second-order valence-electron chi connectivity index (χ2n) is 3.78. The van der Waals surface area contributed by atoms with Crippen molar-refractivity contribution < 1.29 is 0 Å². The Morgan fingerprint density at radius 3 is 3.12 bits per heavy atom. The number of anilines is 1. The molecule has 0 saturated carbocycles. The number of nitrogens with zero attached hydrogens (tertiary/aromatic N) is 3. The Morgan fingerprint density at radius 1 is 1.44 bits per heavy atom. The minimum Gasteiger partial charge on any atom is -0.346 e. The summed E-state index contributed by atoms with van der Waals surface area (Å²) in [6.45, 7) is 3.29. The molecule has 0 N–H and O–H groups in total. The third-order valence-electron chi connectivity index (χ3n) is 2.76. The average molecular weight is 251 g/mol. The summed E-state index contributed by atoms with van der Waals surface area (Å²) in [7, 11) is 0. The maximum Gasteiger partial charge on any atom is 0.141 e. The first-order valence-corrected chi connectivity index (χ1v) is 7.41. The van der Waals surface area contributed by atoms with E-state index in [0.29, 0.717) is 0 Å². The summed E-state index contributed by atoms with van der Waals surface area (Å²) in [4.78, 5) is 13.7. The van der Waals surface area contributed by atoms with Crippen LogP contribution in [0, 0.1) is 0 Å². The van der Waals surface area contributed by atoms with Crippen LogP contribution >= 0.6 is 23.1 Å². The van der Waals surface area contributed by atoms with Gasteiger partial charge in [0.25, 0.3) is 0 Å². The molecule has 5 heteroatoms. The number of rotatable bonds is 2. The van der Waals surface area contributed by atoms with Crippen LogP contribution in [0.4, 0.5) is 5.82 Å². The van der Waals surface area contributed by atoms with Crippen molar-refractivity contribution in [3.8, 4) is 0 Å². The molecule has 0 aromatic carbocycles. The van der Waals surface area contributed by atoms with Crippen molar-refractivity contribution in [3.05, 3.63) is 17.3 Å². The van der Waals surface area contributed by atoms with Gasteiger partial charge in [-0.05, 0) is 12.5 Å². The molecule has 0 amide bonds. The molecule has 0 atom stereocenters. The number of thioether (sulfide) groups is 1. The minimum absolute atomic E-state index is 1.06. The Hall–Kier alpha value is -0.810. The molecule has 3 rings (SSSR count). The lowest BCUT2D eigenvalue weighted by atomic mass is 10.3. The van der Waals surface area contributed by atoms with Gasteiger partial charge in [0.2, 0.25) is 0 Å². The number of hydrogen-bond acceptors (Lipinski definition) is 5. The predicted molar refractivity (Wildman–Crippen MR) is 71.5 cm³/mol. The summed E-state index contributed by atoms with van der Waals surface area (Å²) in [6, 6.07) is 2.25. The van der Waals surface area contributed by atoms with Gasteiger partial charge in [0.15, 0.2) is 0 Å². The van der Waals surface area contributed by atoms with E-state index >= 15 is 0 Å². The van der Waals surface area contributed by atoms with Crippen LogP contribution in [0.5, 0.6) is 0 Å². The second-order valence-corrected chi connectivity index (χ2v) is 5.97. The molecule has 1 fully saturated rings. The maximum atomic E-state index is 4.44. The zero-order chi connectivity index (χ0) is 11.0. The van der Waals surface area contributed by atoms with Gasteiger partial charge in [-0.2, -0.15) is 0 Å². The second kappa shape index (κ2) is 4.22. The smallest absolute Gasteiger partial charge is 0.141 e. The van der Waals surface area contributed by atoms with Crippen LogP contribution < -0.4 is 4.90 Å². The quantitative estimate of drug-likeness (QED) is 0.820. The van der Waals surface area contributed by atoms with Crippen LogP contribution in [0.3, 0.4) is 0 Å². The highest BCUT2D eigenvalue weighted by atomic mass is 32.2. The van der Waals surface area contributed by atoms with E-state index in [1.807, 2.05) is 11.8 Å². The average Bonchev–Trinajstić information content (AvgIpc) is 2.97. The van der Waals surface area contributed by atoms with Gasteiger partial charge < -0.3 is 4.90 Å². The maximum absolute atomic E-state index is 4.44. The van der Waals surface area contributed by atoms with E-state index in [0.717, 1.165) is 29.5 Å². The van der Waals surface area contributed by atoms with Gasteiger partial charge in [-0.1, -0.05) is 6.92 Å². The molecule has 84 valence electrons. The first-order valence-electron chi connectivity index (χ1n) is 5.44. The van der Waals surface area contributed by atoms with Crippen LogP contribution in [0.1, 0.15) is 11.8 Å². The van der Waals surface area contributed by atoms with E-state index in [1.54, 1.807) is 17.7 Å². The van der Waals surface area contributed by atoms with Gasteiger partial charge in [-0.25, -0.2) is 9.97 Å². The van der Waals surface area contributed by atoms with Crippen LogP contribution in [0.2, 0.25) is 0 Å². The molecule has 0 radical (unpaired) electrons. The van der Waals surface area contributed by atoms with Crippen molar-refractivity contribution in [1.82, 2.24) is 9.97 Å². The fourth-order valence-electron chi connectivity index (χ4n) is 1.90. The third kappa shape index (κ3) is 1.68. The zero-order valence-electron chi connectivity index (χ0n) is 9.14. The Morgan fingerprint density at radius 2 is 2.38 bits per heavy atom.